The van der Waals surface area contributed by atoms with Gasteiger partial charge in [0.15, 0.2) is 0 Å². The molecule has 0 bridgehead atoms. The van der Waals surface area contributed by atoms with Crippen molar-refractivity contribution < 1.29 is 24.1 Å². The monoisotopic (exact) mass is 220 g/mol. The standard InChI is InChI=1S/C10H20O5/c1-8(12-2)4-14-9(3-11)5-13-6-10-7-15-10/h8-11H,3-7H2,1-2H3. The Morgan fingerprint density at radius 3 is 2.73 bits per heavy atom. The minimum absolute atomic E-state index is 0.0332. The molecule has 0 aliphatic carbocycles. The van der Waals surface area contributed by atoms with E-state index in [0.29, 0.717) is 19.8 Å². The molecule has 0 aromatic carbocycles. The van der Waals surface area contributed by atoms with E-state index >= 15 is 0 Å². The van der Waals surface area contributed by atoms with E-state index in [4.69, 9.17) is 24.1 Å². The van der Waals surface area contributed by atoms with Crippen molar-refractivity contribution in [2.24, 2.45) is 0 Å². The van der Waals surface area contributed by atoms with Crippen LogP contribution >= 0.6 is 0 Å². The van der Waals surface area contributed by atoms with E-state index in [1.807, 2.05) is 6.92 Å². The largest absolute Gasteiger partial charge is 0.394 e. The van der Waals surface area contributed by atoms with E-state index in [1.165, 1.54) is 0 Å². The highest BCUT2D eigenvalue weighted by molar-refractivity contribution is 4.68. The van der Waals surface area contributed by atoms with Crippen LogP contribution in [0.15, 0.2) is 0 Å². The van der Waals surface area contributed by atoms with Crippen LogP contribution in [-0.4, -0.2) is 63.6 Å². The van der Waals surface area contributed by atoms with Crippen molar-refractivity contribution in [2.75, 3.05) is 40.1 Å². The van der Waals surface area contributed by atoms with Crippen LogP contribution in [0.4, 0.5) is 0 Å². The summed E-state index contributed by atoms with van der Waals surface area (Å²) < 4.78 is 20.8. The Hall–Kier alpha value is -0.200. The summed E-state index contributed by atoms with van der Waals surface area (Å²) in [5.41, 5.74) is 0. The first-order chi connectivity index (χ1) is 7.26. The van der Waals surface area contributed by atoms with Crippen LogP contribution in [0.5, 0.6) is 0 Å². The van der Waals surface area contributed by atoms with Gasteiger partial charge in [0.2, 0.25) is 0 Å². The number of hydrogen-bond acceptors (Lipinski definition) is 5. The van der Waals surface area contributed by atoms with Crippen molar-refractivity contribution in [2.45, 2.75) is 25.2 Å². The molecular weight excluding hydrogens is 200 g/mol. The van der Waals surface area contributed by atoms with Crippen LogP contribution in [-0.2, 0) is 18.9 Å². The molecule has 0 saturated carbocycles. The lowest BCUT2D eigenvalue weighted by Gasteiger charge is -2.17. The molecule has 90 valence electrons. The van der Waals surface area contributed by atoms with Crippen LogP contribution in [0, 0.1) is 0 Å². The smallest absolute Gasteiger partial charge is 0.104 e. The number of aliphatic hydroxyl groups is 1. The zero-order chi connectivity index (χ0) is 11.1. The van der Waals surface area contributed by atoms with E-state index in [1.54, 1.807) is 7.11 Å². The summed E-state index contributed by atoms with van der Waals surface area (Å²) in [5, 5.41) is 9.02. The van der Waals surface area contributed by atoms with E-state index in [2.05, 4.69) is 0 Å². The molecule has 5 nitrogen and oxygen atoms in total. The van der Waals surface area contributed by atoms with Gasteiger partial charge in [-0.3, -0.25) is 0 Å². The minimum atomic E-state index is -0.277. The number of methoxy groups -OCH3 is 1. The molecule has 0 radical (unpaired) electrons. The van der Waals surface area contributed by atoms with Crippen LogP contribution in [0.1, 0.15) is 6.92 Å². The molecule has 3 unspecified atom stereocenters. The molecule has 0 spiro atoms. The molecule has 0 aromatic rings. The van der Waals surface area contributed by atoms with E-state index < -0.39 is 0 Å². The molecule has 0 amide bonds. The molecule has 1 rings (SSSR count). The van der Waals surface area contributed by atoms with Crippen molar-refractivity contribution >= 4 is 0 Å². The number of epoxide rings is 1. The lowest BCUT2D eigenvalue weighted by atomic mass is 10.4. The SMILES string of the molecule is COC(C)COC(CO)COCC1CO1. The average Bonchev–Trinajstić information content (AvgIpc) is 3.06. The molecule has 1 heterocycles. The van der Waals surface area contributed by atoms with Gasteiger partial charge in [0, 0.05) is 7.11 Å². The van der Waals surface area contributed by atoms with Gasteiger partial charge in [-0.15, -0.1) is 0 Å². The summed E-state index contributed by atoms with van der Waals surface area (Å²) in [6.07, 6.45) is 0.00871. The molecule has 15 heavy (non-hydrogen) atoms. The Bertz CT molecular complexity index is 160. The van der Waals surface area contributed by atoms with Crippen molar-refractivity contribution in [3.63, 3.8) is 0 Å². The summed E-state index contributed by atoms with van der Waals surface area (Å²) in [6.45, 7) is 4.10. The van der Waals surface area contributed by atoms with Gasteiger partial charge >= 0.3 is 0 Å². The first kappa shape index (κ1) is 12.9. The molecule has 1 saturated heterocycles. The summed E-state index contributed by atoms with van der Waals surface area (Å²) in [4.78, 5) is 0. The normalized spacial score (nSPS) is 23.8. The van der Waals surface area contributed by atoms with Crippen LogP contribution in [0.2, 0.25) is 0 Å². The zero-order valence-electron chi connectivity index (χ0n) is 9.35. The first-order valence-electron chi connectivity index (χ1n) is 5.20. The number of ether oxygens (including phenoxy) is 4. The zero-order valence-corrected chi connectivity index (χ0v) is 9.35. The van der Waals surface area contributed by atoms with Crippen molar-refractivity contribution in [3.8, 4) is 0 Å². The van der Waals surface area contributed by atoms with Crippen LogP contribution in [0.3, 0.4) is 0 Å². The van der Waals surface area contributed by atoms with Gasteiger partial charge in [-0.05, 0) is 6.92 Å². The number of hydrogen-bond donors (Lipinski definition) is 1. The lowest BCUT2D eigenvalue weighted by molar-refractivity contribution is -0.0732. The van der Waals surface area contributed by atoms with Crippen molar-refractivity contribution in [3.05, 3.63) is 0 Å². The fourth-order valence-electron chi connectivity index (χ4n) is 0.988. The molecule has 1 aliphatic heterocycles. The fourth-order valence-corrected chi connectivity index (χ4v) is 0.988. The number of rotatable bonds is 9. The third-order valence-electron chi connectivity index (χ3n) is 2.18. The third-order valence-corrected chi connectivity index (χ3v) is 2.18. The van der Waals surface area contributed by atoms with Gasteiger partial charge in [-0.1, -0.05) is 0 Å². The molecule has 1 N–H and O–H groups in total. The predicted molar refractivity (Wildman–Crippen MR) is 53.9 cm³/mol. The summed E-state index contributed by atoms with van der Waals surface area (Å²) in [7, 11) is 1.63. The highest BCUT2D eigenvalue weighted by atomic mass is 16.6. The van der Waals surface area contributed by atoms with Gasteiger partial charge in [0.05, 0.1) is 39.1 Å². The van der Waals surface area contributed by atoms with Gasteiger partial charge in [0.25, 0.3) is 0 Å². The van der Waals surface area contributed by atoms with Gasteiger partial charge in [-0.25, -0.2) is 0 Å². The molecular formula is C10H20O5. The Morgan fingerprint density at radius 1 is 1.47 bits per heavy atom. The second kappa shape index (κ2) is 7.14. The van der Waals surface area contributed by atoms with Gasteiger partial charge in [0.1, 0.15) is 12.2 Å². The van der Waals surface area contributed by atoms with Gasteiger partial charge < -0.3 is 24.1 Å². The Morgan fingerprint density at radius 2 is 2.20 bits per heavy atom. The summed E-state index contributed by atoms with van der Waals surface area (Å²) in [5.74, 6) is 0. The van der Waals surface area contributed by atoms with E-state index in [0.717, 1.165) is 6.61 Å². The molecule has 5 heteroatoms. The van der Waals surface area contributed by atoms with Crippen molar-refractivity contribution in [1.29, 1.82) is 0 Å². The summed E-state index contributed by atoms with van der Waals surface area (Å²) >= 11 is 0. The summed E-state index contributed by atoms with van der Waals surface area (Å²) in [6, 6.07) is 0. The maximum absolute atomic E-state index is 9.02. The van der Waals surface area contributed by atoms with E-state index in [9.17, 15) is 0 Å². The second-order valence-electron chi connectivity index (χ2n) is 3.68. The maximum Gasteiger partial charge on any atom is 0.104 e. The third kappa shape index (κ3) is 6.06. The predicted octanol–water partition coefficient (Wildman–Crippen LogP) is -0.186. The first-order valence-corrected chi connectivity index (χ1v) is 5.20. The Labute approximate surface area is 90.3 Å². The average molecular weight is 220 g/mol. The Balaban J connectivity index is 2.00. The Kier molecular flexibility index (Phi) is 6.12. The van der Waals surface area contributed by atoms with Gasteiger partial charge in [-0.2, -0.15) is 0 Å². The van der Waals surface area contributed by atoms with E-state index in [-0.39, 0.29) is 24.9 Å². The fraction of sp³-hybridized carbons (Fsp3) is 1.00. The highest BCUT2D eigenvalue weighted by Crippen LogP contribution is 2.09. The lowest BCUT2D eigenvalue weighted by Crippen LogP contribution is -2.28. The molecule has 1 aliphatic rings. The maximum atomic E-state index is 9.02. The molecule has 3 atom stereocenters. The minimum Gasteiger partial charge on any atom is -0.394 e. The molecule has 0 aromatic heterocycles. The number of aliphatic hydroxyl groups excluding tert-OH is 1. The highest BCUT2D eigenvalue weighted by Gasteiger charge is 2.23. The quantitative estimate of drug-likeness (QED) is 0.546. The van der Waals surface area contributed by atoms with Crippen LogP contribution < -0.4 is 0 Å². The second-order valence-corrected chi connectivity index (χ2v) is 3.68. The molecule has 1 fully saturated rings. The van der Waals surface area contributed by atoms with Crippen molar-refractivity contribution in [1.82, 2.24) is 0 Å². The topological polar surface area (TPSA) is 60.5 Å². The van der Waals surface area contributed by atoms with Crippen LogP contribution in [0.25, 0.3) is 0 Å².